The van der Waals surface area contributed by atoms with Crippen LogP contribution in [-0.4, -0.2) is 26.9 Å². The van der Waals surface area contributed by atoms with Crippen molar-refractivity contribution in [3.63, 3.8) is 0 Å². The van der Waals surface area contributed by atoms with E-state index in [9.17, 15) is 13.2 Å². The molecule has 0 spiro atoms. The molecule has 7 heteroatoms. The van der Waals surface area contributed by atoms with Gasteiger partial charge in [0.15, 0.2) is 0 Å². The predicted molar refractivity (Wildman–Crippen MR) is 65.9 cm³/mol. The van der Waals surface area contributed by atoms with E-state index in [0.29, 0.717) is 11.0 Å². The van der Waals surface area contributed by atoms with Crippen LogP contribution in [0, 0.1) is 0 Å². The standard InChI is InChI=1S/C10H11BrN2O3S/c11-8-3-1-2-4-9(8)17(15,16)13-7-5-10(14)12-6-7/h1-4,7,13H,5-6H2,(H,12,14). The molecule has 0 aliphatic carbocycles. The molecule has 1 unspecified atom stereocenters. The van der Waals surface area contributed by atoms with Crippen LogP contribution in [0.25, 0.3) is 0 Å². The second-order valence-electron chi connectivity index (χ2n) is 3.76. The van der Waals surface area contributed by atoms with E-state index in [0.717, 1.165) is 0 Å². The molecular weight excluding hydrogens is 308 g/mol. The highest BCUT2D eigenvalue weighted by molar-refractivity contribution is 9.10. The van der Waals surface area contributed by atoms with Crippen LogP contribution in [0.4, 0.5) is 0 Å². The number of halogens is 1. The summed E-state index contributed by atoms with van der Waals surface area (Å²) in [6.45, 7) is 0.336. The summed E-state index contributed by atoms with van der Waals surface area (Å²) in [5.41, 5.74) is 0. The first-order chi connectivity index (χ1) is 7.99. The molecule has 1 heterocycles. The third-order valence-corrected chi connectivity index (χ3v) is 4.96. The number of rotatable bonds is 3. The molecule has 1 atom stereocenters. The molecule has 0 radical (unpaired) electrons. The molecule has 0 aromatic heterocycles. The minimum atomic E-state index is -3.59. The van der Waals surface area contributed by atoms with E-state index < -0.39 is 10.0 Å². The normalized spacial score (nSPS) is 20.3. The van der Waals surface area contributed by atoms with E-state index >= 15 is 0 Å². The van der Waals surface area contributed by atoms with Crippen molar-refractivity contribution in [2.45, 2.75) is 17.4 Å². The van der Waals surface area contributed by atoms with Gasteiger partial charge in [-0.3, -0.25) is 4.79 Å². The Morgan fingerprint density at radius 3 is 2.65 bits per heavy atom. The number of hydrogen-bond donors (Lipinski definition) is 2. The molecule has 1 aliphatic heterocycles. The van der Waals surface area contributed by atoms with E-state index in [4.69, 9.17) is 0 Å². The molecule has 2 rings (SSSR count). The van der Waals surface area contributed by atoms with Crippen LogP contribution >= 0.6 is 15.9 Å². The van der Waals surface area contributed by atoms with E-state index in [1.807, 2.05) is 0 Å². The molecule has 0 bridgehead atoms. The molecule has 1 aliphatic rings. The summed E-state index contributed by atoms with van der Waals surface area (Å²) in [4.78, 5) is 11.2. The molecule has 2 N–H and O–H groups in total. The Labute approximate surface area is 108 Å². The zero-order valence-electron chi connectivity index (χ0n) is 8.81. The second-order valence-corrected chi connectivity index (χ2v) is 6.29. The van der Waals surface area contributed by atoms with E-state index in [1.165, 1.54) is 6.07 Å². The summed E-state index contributed by atoms with van der Waals surface area (Å²) in [5, 5.41) is 2.58. The zero-order valence-corrected chi connectivity index (χ0v) is 11.2. The van der Waals surface area contributed by atoms with Crippen LogP contribution in [0.2, 0.25) is 0 Å². The van der Waals surface area contributed by atoms with Gasteiger partial charge >= 0.3 is 0 Å². The first-order valence-corrected chi connectivity index (χ1v) is 7.30. The number of benzene rings is 1. The number of nitrogens with one attached hydrogen (secondary N) is 2. The van der Waals surface area contributed by atoms with Crippen molar-refractivity contribution in [3.05, 3.63) is 28.7 Å². The van der Waals surface area contributed by atoms with Crippen LogP contribution in [0.1, 0.15) is 6.42 Å². The molecule has 1 aromatic rings. The highest BCUT2D eigenvalue weighted by atomic mass is 79.9. The van der Waals surface area contributed by atoms with E-state index in [2.05, 4.69) is 26.0 Å². The third-order valence-electron chi connectivity index (χ3n) is 2.43. The largest absolute Gasteiger partial charge is 0.354 e. The summed E-state index contributed by atoms with van der Waals surface area (Å²) < 4.78 is 27.1. The fourth-order valence-electron chi connectivity index (χ4n) is 1.63. The predicted octanol–water partition coefficient (Wildman–Crippen LogP) is 0.616. The Morgan fingerprint density at radius 1 is 1.35 bits per heavy atom. The zero-order chi connectivity index (χ0) is 12.5. The Hall–Kier alpha value is -0.920. The SMILES string of the molecule is O=C1CC(NS(=O)(=O)c2ccccc2Br)CN1. The monoisotopic (exact) mass is 318 g/mol. The van der Waals surface area contributed by atoms with E-state index in [1.54, 1.807) is 18.2 Å². The molecule has 1 saturated heterocycles. The molecule has 1 amide bonds. The van der Waals surface area contributed by atoms with Gasteiger partial charge < -0.3 is 5.32 Å². The summed E-state index contributed by atoms with van der Waals surface area (Å²) in [5.74, 6) is -0.134. The van der Waals surface area contributed by atoms with Gasteiger partial charge in [0.2, 0.25) is 15.9 Å². The first kappa shape index (κ1) is 12.5. The molecule has 0 saturated carbocycles. The minimum Gasteiger partial charge on any atom is -0.354 e. The molecule has 5 nitrogen and oxygen atoms in total. The summed E-state index contributed by atoms with van der Waals surface area (Å²) in [6.07, 6.45) is 0.184. The van der Waals surface area contributed by atoms with Crippen molar-refractivity contribution >= 4 is 31.9 Å². The highest BCUT2D eigenvalue weighted by Gasteiger charge is 2.27. The van der Waals surface area contributed by atoms with Crippen LogP contribution in [0.3, 0.4) is 0 Å². The fraction of sp³-hybridized carbons (Fsp3) is 0.300. The maximum atomic E-state index is 12.0. The number of hydrogen-bond acceptors (Lipinski definition) is 3. The lowest BCUT2D eigenvalue weighted by atomic mass is 10.3. The molecular formula is C10H11BrN2O3S. The third kappa shape index (κ3) is 2.85. The average molecular weight is 319 g/mol. The van der Waals surface area contributed by atoms with Gasteiger partial charge in [0.05, 0.1) is 4.90 Å². The van der Waals surface area contributed by atoms with Crippen molar-refractivity contribution < 1.29 is 13.2 Å². The van der Waals surface area contributed by atoms with Gasteiger partial charge in [-0.25, -0.2) is 13.1 Å². The number of carbonyl (C=O) groups excluding carboxylic acids is 1. The maximum Gasteiger partial charge on any atom is 0.242 e. The molecule has 1 fully saturated rings. The minimum absolute atomic E-state index is 0.134. The van der Waals surface area contributed by atoms with Crippen molar-refractivity contribution in [2.24, 2.45) is 0 Å². The van der Waals surface area contributed by atoms with E-state index in [-0.39, 0.29) is 23.3 Å². The summed E-state index contributed by atoms with van der Waals surface area (Å²) in [6, 6.07) is 6.18. The van der Waals surface area contributed by atoms with Crippen molar-refractivity contribution in [1.29, 1.82) is 0 Å². The number of sulfonamides is 1. The lowest BCUT2D eigenvalue weighted by Crippen LogP contribution is -2.36. The lowest BCUT2D eigenvalue weighted by Gasteiger charge is -2.12. The summed E-state index contributed by atoms with van der Waals surface area (Å²) in [7, 11) is -3.59. The molecule has 92 valence electrons. The van der Waals surface area contributed by atoms with Crippen molar-refractivity contribution in [1.82, 2.24) is 10.0 Å². The summed E-state index contributed by atoms with van der Waals surface area (Å²) >= 11 is 3.19. The molecule has 1 aromatic carbocycles. The topological polar surface area (TPSA) is 75.3 Å². The van der Waals surface area contributed by atoms with Gasteiger partial charge in [-0.15, -0.1) is 0 Å². The Bertz CT molecular complexity index is 544. The van der Waals surface area contributed by atoms with Crippen molar-refractivity contribution in [2.75, 3.05) is 6.54 Å². The van der Waals surface area contributed by atoms with Gasteiger partial charge in [-0.05, 0) is 28.1 Å². The van der Waals surface area contributed by atoms with Crippen LogP contribution in [0.15, 0.2) is 33.6 Å². The van der Waals surface area contributed by atoms with Crippen LogP contribution < -0.4 is 10.0 Å². The van der Waals surface area contributed by atoms with Crippen LogP contribution in [0.5, 0.6) is 0 Å². The smallest absolute Gasteiger partial charge is 0.242 e. The lowest BCUT2D eigenvalue weighted by molar-refractivity contribution is -0.119. The van der Waals surface area contributed by atoms with Gasteiger partial charge in [-0.1, -0.05) is 12.1 Å². The fourth-order valence-corrected chi connectivity index (χ4v) is 3.87. The van der Waals surface area contributed by atoms with Gasteiger partial charge in [0.25, 0.3) is 0 Å². The highest BCUT2D eigenvalue weighted by Crippen LogP contribution is 2.21. The van der Waals surface area contributed by atoms with Crippen LogP contribution in [-0.2, 0) is 14.8 Å². The van der Waals surface area contributed by atoms with Gasteiger partial charge in [0, 0.05) is 23.5 Å². The molecule has 17 heavy (non-hydrogen) atoms. The Kier molecular flexibility index (Phi) is 3.50. The number of amides is 1. The Balaban J connectivity index is 2.20. The quantitative estimate of drug-likeness (QED) is 0.857. The average Bonchev–Trinajstić information content (AvgIpc) is 2.63. The van der Waals surface area contributed by atoms with Gasteiger partial charge in [-0.2, -0.15) is 0 Å². The number of carbonyl (C=O) groups is 1. The van der Waals surface area contributed by atoms with Crippen molar-refractivity contribution in [3.8, 4) is 0 Å². The van der Waals surface area contributed by atoms with Gasteiger partial charge in [0.1, 0.15) is 0 Å². The Morgan fingerprint density at radius 2 is 2.06 bits per heavy atom. The maximum absolute atomic E-state index is 12.0. The second kappa shape index (κ2) is 4.75. The first-order valence-electron chi connectivity index (χ1n) is 5.02.